The van der Waals surface area contributed by atoms with Crippen molar-refractivity contribution in [2.75, 3.05) is 0 Å². The molecule has 0 spiro atoms. The van der Waals surface area contributed by atoms with Crippen LogP contribution >= 0.6 is 11.6 Å². The molecule has 0 unspecified atom stereocenters. The number of hydrogen-bond donors (Lipinski definition) is 1. The summed E-state index contributed by atoms with van der Waals surface area (Å²) in [7, 11) is 0. The molecule has 5 aromatic rings. The molecule has 5 rings (SSSR count). The van der Waals surface area contributed by atoms with Crippen molar-refractivity contribution in [1.82, 2.24) is 9.61 Å². The molecule has 0 radical (unpaired) electrons. The highest BCUT2D eigenvalue weighted by atomic mass is 35.5. The predicted octanol–water partition coefficient (Wildman–Crippen LogP) is 2.27. The zero-order chi connectivity index (χ0) is 13.5. The molecule has 6 heteroatoms. The summed E-state index contributed by atoms with van der Waals surface area (Å²) in [5.41, 5.74) is 1.53. The van der Waals surface area contributed by atoms with E-state index in [-0.39, 0.29) is 11.0 Å². The Bertz CT molecular complexity index is 671. The average molecular weight is 269 g/mol. The fourth-order valence-corrected chi connectivity index (χ4v) is 1.94. The third kappa shape index (κ3) is 2.13. The van der Waals surface area contributed by atoms with Crippen molar-refractivity contribution in [2.24, 2.45) is 0 Å². The molecule has 0 saturated heterocycles. The molecule has 0 aliphatic heterocycles. The van der Waals surface area contributed by atoms with Gasteiger partial charge < -0.3 is 4.74 Å². The lowest BCUT2D eigenvalue weighted by Crippen LogP contribution is -2.17. The number of carbonyl (C=O) groups excluding carboxylic acids is 1. The number of aromatic nitrogens is 2. The molecule has 96 valence electrons. The van der Waals surface area contributed by atoms with E-state index in [0.717, 1.165) is 16.4 Å². The number of hydrogen-bond acceptors (Lipinski definition) is 3. The molecule has 0 saturated carbocycles. The zero-order valence-electron chi connectivity index (χ0n) is 10.3. The van der Waals surface area contributed by atoms with Crippen molar-refractivity contribution in [3.63, 3.8) is 0 Å². The van der Waals surface area contributed by atoms with Gasteiger partial charge in [-0.15, -0.1) is 0 Å². The van der Waals surface area contributed by atoms with Crippen LogP contribution in [0.3, 0.4) is 0 Å². The van der Waals surface area contributed by atoms with E-state index in [1.807, 2.05) is 20.8 Å². The van der Waals surface area contributed by atoms with Crippen molar-refractivity contribution in [2.45, 2.75) is 26.4 Å². The Morgan fingerprint density at radius 1 is 1.33 bits per heavy atom. The van der Waals surface area contributed by atoms with Crippen LogP contribution in [-0.4, -0.2) is 21.7 Å². The zero-order valence-corrected chi connectivity index (χ0v) is 11.0. The number of fused-ring (bicyclic) bond motifs is 3. The van der Waals surface area contributed by atoms with Crippen molar-refractivity contribution < 1.29 is 9.53 Å². The number of nitrogens with zero attached hydrogens (tertiary/aromatic N) is 1. The van der Waals surface area contributed by atoms with Crippen LogP contribution in [0.5, 0.6) is 0 Å². The first kappa shape index (κ1) is 12.7. The minimum absolute atomic E-state index is 0.0446. The third-order valence-corrected chi connectivity index (χ3v) is 2.66. The minimum atomic E-state index is -0.318. The molecule has 4 heterocycles. The summed E-state index contributed by atoms with van der Waals surface area (Å²) in [6, 6.07) is 3.15. The number of nitrogens with one attached hydrogen (secondary N) is 1. The maximum atomic E-state index is 10.9. The highest BCUT2D eigenvalue weighted by Crippen LogP contribution is 2.32. The number of halogens is 1. The van der Waals surface area contributed by atoms with Crippen LogP contribution in [0, 0.1) is 0 Å². The fourth-order valence-electron chi connectivity index (χ4n) is 1.66. The number of H-pyrrole nitrogens is 1. The van der Waals surface area contributed by atoms with E-state index >= 15 is 0 Å². The van der Waals surface area contributed by atoms with Gasteiger partial charge >= 0.3 is 0 Å². The van der Waals surface area contributed by atoms with E-state index in [4.69, 9.17) is 11.6 Å². The van der Waals surface area contributed by atoms with Gasteiger partial charge in [-0.1, -0.05) is 11.6 Å². The summed E-state index contributed by atoms with van der Waals surface area (Å²) in [6.45, 7) is 5.92. The number of carbonyl (C=O) groups is 1. The Hall–Kier alpha value is -1.75. The van der Waals surface area contributed by atoms with Gasteiger partial charge in [0.2, 0.25) is 0 Å². The number of benzene rings is 1. The molecule has 18 heavy (non-hydrogen) atoms. The summed E-state index contributed by atoms with van der Waals surface area (Å²) >= 11 is 5.79. The molecule has 0 aliphatic rings. The maximum Gasteiger partial charge on any atom is 0.293 e. The van der Waals surface area contributed by atoms with Crippen molar-refractivity contribution >= 4 is 34.5 Å². The molecule has 0 aliphatic carbocycles. The quantitative estimate of drug-likeness (QED) is 0.689. The second-order valence-corrected chi connectivity index (χ2v) is 5.30. The van der Waals surface area contributed by atoms with E-state index in [0.29, 0.717) is 11.6 Å². The molecule has 4 aromatic heterocycles. The smallest absolute Gasteiger partial charge is 0.293 e. The number of ether oxygens (including phenoxy) is 1. The minimum Gasteiger partial charge on any atom is -0.462 e. The highest BCUT2D eigenvalue weighted by molar-refractivity contribution is 6.37. The number of rotatable bonds is 1. The molecular weight excluding hydrogens is 256 g/mol. The van der Waals surface area contributed by atoms with E-state index < -0.39 is 0 Å². The standard InChI is InChI=1S/C7H3ClN2O.C5H10O2/c8-7-6-4-1-3(11)2-5(6)10(4)9-7;1-5(2,3)7-4-6/h1-2,9H;4H,1-3H3. The van der Waals surface area contributed by atoms with Gasteiger partial charge in [-0.3, -0.25) is 19.2 Å². The topological polar surface area (TPSA) is 63.6 Å². The molecule has 5 nitrogen and oxygen atoms in total. The third-order valence-electron chi connectivity index (χ3n) is 2.38. The van der Waals surface area contributed by atoms with Crippen LogP contribution in [0.25, 0.3) is 16.4 Å². The second-order valence-electron chi connectivity index (χ2n) is 4.92. The van der Waals surface area contributed by atoms with E-state index in [1.165, 1.54) is 0 Å². The Kier molecular flexibility index (Phi) is 2.94. The normalized spacial score (nSPS) is 11.8. The SMILES string of the molecule is CC(C)(C)OC=O.O=c1cc2c3c(Cl)[nH]n2c3c1. The number of aromatic amines is 1. The van der Waals surface area contributed by atoms with Gasteiger partial charge in [0.15, 0.2) is 5.43 Å². The van der Waals surface area contributed by atoms with E-state index in [9.17, 15) is 9.59 Å². The Morgan fingerprint density at radius 2 is 1.89 bits per heavy atom. The van der Waals surface area contributed by atoms with Crippen LogP contribution in [0.4, 0.5) is 0 Å². The van der Waals surface area contributed by atoms with E-state index in [2.05, 4.69) is 9.84 Å². The Morgan fingerprint density at radius 3 is 2.17 bits per heavy atom. The van der Waals surface area contributed by atoms with Crippen molar-refractivity contribution in [3.8, 4) is 0 Å². The molecule has 1 aromatic carbocycles. The summed E-state index contributed by atoms with van der Waals surface area (Å²) in [5, 5.41) is 4.50. The highest BCUT2D eigenvalue weighted by Gasteiger charge is 2.18. The maximum absolute atomic E-state index is 10.9. The first-order valence-electron chi connectivity index (χ1n) is 5.39. The molecule has 0 amide bonds. The van der Waals surface area contributed by atoms with Gasteiger partial charge in [0.25, 0.3) is 6.47 Å². The fraction of sp³-hybridized carbons (Fsp3) is 0.333. The lowest BCUT2D eigenvalue weighted by Gasteiger charge is -2.14. The molecule has 0 atom stereocenters. The summed E-state index contributed by atoms with van der Waals surface area (Å²) in [5.74, 6) is 0. The molecule has 1 N–H and O–H groups in total. The van der Waals surface area contributed by atoms with Gasteiger partial charge in [0, 0.05) is 12.1 Å². The second kappa shape index (κ2) is 4.17. The first-order valence-corrected chi connectivity index (χ1v) is 5.77. The Balaban J connectivity index is 0.000000152. The molecule has 0 fully saturated rings. The lowest BCUT2D eigenvalue weighted by molar-refractivity contribution is -0.138. The van der Waals surface area contributed by atoms with Crippen LogP contribution in [0.1, 0.15) is 20.8 Å². The van der Waals surface area contributed by atoms with Gasteiger partial charge in [0.05, 0.1) is 16.4 Å². The van der Waals surface area contributed by atoms with Crippen molar-refractivity contribution in [1.29, 1.82) is 0 Å². The summed E-state index contributed by atoms with van der Waals surface area (Å²) < 4.78 is 6.35. The molecular formula is C12H13ClN2O3. The van der Waals surface area contributed by atoms with Gasteiger partial charge in [-0.2, -0.15) is 0 Å². The van der Waals surface area contributed by atoms with Gasteiger partial charge in [-0.05, 0) is 20.8 Å². The predicted molar refractivity (Wildman–Crippen MR) is 69.8 cm³/mol. The van der Waals surface area contributed by atoms with E-state index in [1.54, 1.807) is 16.6 Å². The Labute approximate surface area is 108 Å². The van der Waals surface area contributed by atoms with Crippen LogP contribution in [-0.2, 0) is 9.53 Å². The number of pyridine rings is 1. The van der Waals surface area contributed by atoms with Gasteiger partial charge in [-0.25, -0.2) is 0 Å². The largest absolute Gasteiger partial charge is 0.462 e. The van der Waals surface area contributed by atoms with Crippen LogP contribution < -0.4 is 5.43 Å². The first-order chi connectivity index (χ1) is 8.33. The monoisotopic (exact) mass is 268 g/mol. The van der Waals surface area contributed by atoms with Crippen molar-refractivity contribution in [3.05, 3.63) is 27.5 Å². The molecule has 4 bridgehead atoms. The summed E-state index contributed by atoms with van der Waals surface area (Å²) in [6.07, 6.45) is 0. The summed E-state index contributed by atoms with van der Waals surface area (Å²) in [4.78, 5) is 20.5. The van der Waals surface area contributed by atoms with Crippen LogP contribution in [0.15, 0.2) is 16.9 Å². The van der Waals surface area contributed by atoms with Crippen LogP contribution in [0.2, 0.25) is 5.15 Å². The lowest BCUT2D eigenvalue weighted by atomic mass is 10.2. The van der Waals surface area contributed by atoms with Gasteiger partial charge in [0.1, 0.15) is 10.8 Å². The average Bonchev–Trinajstić information content (AvgIpc) is 2.72.